The summed E-state index contributed by atoms with van der Waals surface area (Å²) in [5, 5.41) is 11.9. The number of carbonyl (C=O) groups excluding carboxylic acids is 2. The highest BCUT2D eigenvalue weighted by Gasteiger charge is 2.47. The third kappa shape index (κ3) is 3.38. The molecule has 1 atom stereocenters. The zero-order valence-corrected chi connectivity index (χ0v) is 17.5. The number of aliphatic hydroxyl groups is 1. The van der Waals surface area contributed by atoms with Crippen LogP contribution in [0.25, 0.3) is 5.76 Å². The van der Waals surface area contributed by atoms with E-state index in [4.69, 9.17) is 23.2 Å². The maximum atomic E-state index is 13.1. The van der Waals surface area contributed by atoms with Gasteiger partial charge in [0.2, 0.25) is 0 Å². The Balaban J connectivity index is 1.99. The normalized spacial score (nSPS) is 18.1. The van der Waals surface area contributed by atoms with Crippen molar-refractivity contribution in [1.82, 2.24) is 0 Å². The molecule has 1 aliphatic rings. The Hall–Kier alpha value is -3.08. The summed E-state index contributed by atoms with van der Waals surface area (Å²) < 4.78 is 0. The lowest BCUT2D eigenvalue weighted by molar-refractivity contribution is -0.132. The zero-order chi connectivity index (χ0) is 21.4. The molecule has 0 aromatic heterocycles. The maximum absolute atomic E-state index is 13.1. The van der Waals surface area contributed by atoms with E-state index in [0.29, 0.717) is 26.9 Å². The van der Waals surface area contributed by atoms with Crippen molar-refractivity contribution in [3.63, 3.8) is 0 Å². The Morgan fingerprint density at radius 3 is 2.23 bits per heavy atom. The van der Waals surface area contributed by atoms with E-state index in [1.165, 1.54) is 4.90 Å². The number of rotatable bonds is 3. The van der Waals surface area contributed by atoms with Gasteiger partial charge >= 0.3 is 0 Å². The smallest absolute Gasteiger partial charge is 0.300 e. The van der Waals surface area contributed by atoms with Crippen molar-refractivity contribution >= 4 is 46.3 Å². The van der Waals surface area contributed by atoms with Crippen LogP contribution in [0.1, 0.15) is 22.7 Å². The molecule has 150 valence electrons. The molecular weight excluding hydrogens is 421 g/mol. The van der Waals surface area contributed by atoms with Gasteiger partial charge in [-0.1, -0.05) is 77.8 Å². The zero-order valence-electron chi connectivity index (χ0n) is 16.0. The molecule has 1 amide bonds. The monoisotopic (exact) mass is 437 g/mol. The molecule has 0 spiro atoms. The van der Waals surface area contributed by atoms with Crippen molar-refractivity contribution in [3.8, 4) is 0 Å². The first-order valence-electron chi connectivity index (χ1n) is 9.27. The molecule has 0 saturated carbocycles. The number of aryl methyl sites for hydroxylation is 1. The van der Waals surface area contributed by atoms with Crippen molar-refractivity contribution in [2.75, 3.05) is 4.90 Å². The van der Waals surface area contributed by atoms with Gasteiger partial charge in [-0.15, -0.1) is 0 Å². The molecule has 1 N–H and O–H groups in total. The predicted molar refractivity (Wildman–Crippen MR) is 119 cm³/mol. The van der Waals surface area contributed by atoms with Crippen molar-refractivity contribution < 1.29 is 14.7 Å². The third-order valence-corrected chi connectivity index (χ3v) is 5.88. The fourth-order valence-corrected chi connectivity index (χ4v) is 3.99. The summed E-state index contributed by atoms with van der Waals surface area (Å²) in [5.74, 6) is -1.78. The molecule has 6 heteroatoms. The number of aliphatic hydroxyl groups excluding tert-OH is 1. The number of ketones is 1. The van der Waals surface area contributed by atoms with E-state index in [0.717, 1.165) is 5.56 Å². The first-order chi connectivity index (χ1) is 14.4. The first-order valence-corrected chi connectivity index (χ1v) is 10.0. The molecule has 3 aromatic rings. The van der Waals surface area contributed by atoms with Crippen LogP contribution in [0.5, 0.6) is 0 Å². The lowest BCUT2D eigenvalue weighted by atomic mass is 9.95. The fraction of sp³-hybridized carbons (Fsp3) is 0.0833. The molecule has 4 nitrogen and oxygen atoms in total. The summed E-state index contributed by atoms with van der Waals surface area (Å²) in [4.78, 5) is 27.5. The summed E-state index contributed by atoms with van der Waals surface area (Å²) in [5.41, 5.74) is 2.25. The predicted octanol–water partition coefficient (Wildman–Crippen LogP) is 5.93. The quantitative estimate of drug-likeness (QED) is 0.313. The summed E-state index contributed by atoms with van der Waals surface area (Å²) in [6, 6.07) is 19.8. The number of benzene rings is 3. The molecule has 0 bridgehead atoms. The van der Waals surface area contributed by atoms with Gasteiger partial charge in [0.05, 0.1) is 11.6 Å². The van der Waals surface area contributed by atoms with E-state index in [9.17, 15) is 14.7 Å². The van der Waals surface area contributed by atoms with Crippen LogP contribution in [0.15, 0.2) is 78.4 Å². The van der Waals surface area contributed by atoms with E-state index >= 15 is 0 Å². The SMILES string of the molecule is Cc1ccc(N2C(=O)C(=O)C(=C(O)c3ccccc3)[C@@H]2c2ccccc2Cl)cc1Cl. The van der Waals surface area contributed by atoms with Gasteiger partial charge in [-0.2, -0.15) is 0 Å². The third-order valence-electron chi connectivity index (χ3n) is 5.13. The summed E-state index contributed by atoms with van der Waals surface area (Å²) in [7, 11) is 0. The number of carbonyl (C=O) groups is 2. The topological polar surface area (TPSA) is 57.6 Å². The van der Waals surface area contributed by atoms with Crippen LogP contribution in [-0.2, 0) is 9.59 Å². The second-order valence-electron chi connectivity index (χ2n) is 6.99. The molecule has 1 saturated heterocycles. The molecule has 30 heavy (non-hydrogen) atoms. The van der Waals surface area contributed by atoms with Crippen LogP contribution in [0.3, 0.4) is 0 Å². The molecule has 0 unspecified atom stereocenters. The number of hydrogen-bond acceptors (Lipinski definition) is 3. The number of Topliss-reactive ketones (excluding diaryl/α,β-unsaturated/α-hetero) is 1. The van der Waals surface area contributed by atoms with Crippen LogP contribution in [0, 0.1) is 6.92 Å². The average Bonchev–Trinajstić information content (AvgIpc) is 3.01. The number of amides is 1. The Morgan fingerprint density at radius 1 is 0.900 bits per heavy atom. The largest absolute Gasteiger partial charge is 0.507 e. The summed E-state index contributed by atoms with van der Waals surface area (Å²) in [6.07, 6.45) is 0. The van der Waals surface area contributed by atoms with Gasteiger partial charge in [0, 0.05) is 21.3 Å². The highest BCUT2D eigenvalue weighted by atomic mass is 35.5. The molecule has 1 aliphatic heterocycles. The van der Waals surface area contributed by atoms with E-state index in [1.54, 1.807) is 72.8 Å². The lowest BCUT2D eigenvalue weighted by Crippen LogP contribution is -2.29. The number of anilines is 1. The van der Waals surface area contributed by atoms with Gasteiger partial charge < -0.3 is 5.11 Å². The maximum Gasteiger partial charge on any atom is 0.300 e. The second-order valence-corrected chi connectivity index (χ2v) is 7.80. The van der Waals surface area contributed by atoms with Gasteiger partial charge in [-0.05, 0) is 36.2 Å². The summed E-state index contributed by atoms with van der Waals surface area (Å²) in [6.45, 7) is 1.85. The Bertz CT molecular complexity index is 1190. The minimum Gasteiger partial charge on any atom is -0.507 e. The second kappa shape index (κ2) is 7.98. The van der Waals surface area contributed by atoms with Crippen molar-refractivity contribution in [3.05, 3.63) is 105 Å². The standard InChI is InChI=1S/C24H17Cl2NO3/c1-14-11-12-16(13-19(14)26)27-21(17-9-5-6-10-18(17)25)20(23(29)24(27)30)22(28)15-7-3-2-4-8-15/h2-13,21,28H,1H3/t21-/m0/s1. The van der Waals surface area contributed by atoms with Crippen LogP contribution in [-0.4, -0.2) is 16.8 Å². The molecule has 3 aromatic carbocycles. The van der Waals surface area contributed by atoms with E-state index in [-0.39, 0.29) is 11.3 Å². The van der Waals surface area contributed by atoms with E-state index in [1.807, 2.05) is 6.92 Å². The minimum atomic E-state index is -0.891. The number of hydrogen-bond donors (Lipinski definition) is 1. The molecular formula is C24H17Cl2NO3. The molecule has 1 heterocycles. The van der Waals surface area contributed by atoms with Gasteiger partial charge in [-0.25, -0.2) is 0 Å². The molecule has 0 aliphatic carbocycles. The van der Waals surface area contributed by atoms with E-state index < -0.39 is 17.7 Å². The van der Waals surface area contributed by atoms with Crippen molar-refractivity contribution in [2.24, 2.45) is 0 Å². The van der Waals surface area contributed by atoms with Crippen LogP contribution < -0.4 is 4.90 Å². The Labute approximate surface area is 184 Å². The fourth-order valence-electron chi connectivity index (χ4n) is 3.57. The number of nitrogens with zero attached hydrogens (tertiary/aromatic N) is 1. The molecule has 1 fully saturated rings. The van der Waals surface area contributed by atoms with Gasteiger partial charge in [0.25, 0.3) is 11.7 Å². The Morgan fingerprint density at radius 2 is 1.57 bits per heavy atom. The lowest BCUT2D eigenvalue weighted by Gasteiger charge is -2.26. The van der Waals surface area contributed by atoms with Crippen LogP contribution >= 0.6 is 23.2 Å². The van der Waals surface area contributed by atoms with Crippen molar-refractivity contribution in [2.45, 2.75) is 13.0 Å². The molecule has 4 rings (SSSR count). The summed E-state index contributed by atoms with van der Waals surface area (Å²) >= 11 is 12.7. The minimum absolute atomic E-state index is 0.0176. The number of halogens is 2. The van der Waals surface area contributed by atoms with Gasteiger partial charge in [-0.3, -0.25) is 14.5 Å². The first kappa shape index (κ1) is 20.2. The van der Waals surface area contributed by atoms with Crippen LogP contribution in [0.4, 0.5) is 5.69 Å². The van der Waals surface area contributed by atoms with Crippen molar-refractivity contribution in [1.29, 1.82) is 0 Å². The average molecular weight is 438 g/mol. The van der Waals surface area contributed by atoms with E-state index in [2.05, 4.69) is 0 Å². The highest BCUT2D eigenvalue weighted by molar-refractivity contribution is 6.52. The Kier molecular flexibility index (Phi) is 5.37. The van der Waals surface area contributed by atoms with Gasteiger partial charge in [0.15, 0.2) is 0 Å². The highest BCUT2D eigenvalue weighted by Crippen LogP contribution is 2.44. The van der Waals surface area contributed by atoms with Crippen LogP contribution in [0.2, 0.25) is 10.0 Å². The molecule has 0 radical (unpaired) electrons. The van der Waals surface area contributed by atoms with Gasteiger partial charge in [0.1, 0.15) is 5.76 Å².